The van der Waals surface area contributed by atoms with Crippen LogP contribution in [0.2, 0.25) is 0 Å². The lowest BCUT2D eigenvalue weighted by atomic mass is 10.4. The average Bonchev–Trinajstić information content (AvgIpc) is 1.77. The van der Waals surface area contributed by atoms with Crippen molar-refractivity contribution in [1.29, 1.82) is 0 Å². The first-order chi connectivity index (χ1) is 3.80. The van der Waals surface area contributed by atoms with E-state index in [2.05, 4.69) is 10.2 Å². The van der Waals surface area contributed by atoms with Crippen LogP contribution in [0.3, 0.4) is 0 Å². The van der Waals surface area contributed by atoms with Crippen molar-refractivity contribution < 1.29 is 4.79 Å². The van der Waals surface area contributed by atoms with E-state index in [1.807, 2.05) is 0 Å². The fourth-order valence-electron chi connectivity index (χ4n) is 0.342. The molecule has 1 aliphatic heterocycles. The van der Waals surface area contributed by atoms with Crippen LogP contribution in [0.1, 0.15) is 0 Å². The van der Waals surface area contributed by atoms with Crippen molar-refractivity contribution in [1.82, 2.24) is 0 Å². The molecule has 0 saturated heterocycles. The van der Waals surface area contributed by atoms with Crippen LogP contribution in [0, 0.1) is 0 Å². The first-order valence-corrected chi connectivity index (χ1v) is 2.50. The Balaban J connectivity index is 2.74. The highest BCUT2D eigenvalue weighted by atomic mass is 35.5. The Morgan fingerprint density at radius 3 is 2.88 bits per heavy atom. The first kappa shape index (κ1) is 5.44. The summed E-state index contributed by atoms with van der Waals surface area (Å²) in [6, 6.07) is 0. The van der Waals surface area contributed by atoms with Crippen LogP contribution in [0.4, 0.5) is 0 Å². The molecule has 0 saturated carbocycles. The van der Waals surface area contributed by atoms with E-state index in [1.165, 1.54) is 12.3 Å². The van der Waals surface area contributed by atoms with Crippen LogP contribution >= 0.6 is 11.6 Å². The van der Waals surface area contributed by atoms with Gasteiger partial charge in [-0.1, -0.05) is 0 Å². The lowest BCUT2D eigenvalue weighted by Gasteiger charge is -1.96. The highest BCUT2D eigenvalue weighted by Gasteiger charge is 2.12. The molecule has 0 aromatic rings. The van der Waals surface area contributed by atoms with E-state index in [-0.39, 0.29) is 0 Å². The number of carbonyl (C=O) groups is 1. The molecule has 1 heterocycles. The predicted molar refractivity (Wildman–Crippen MR) is 28.6 cm³/mol. The Morgan fingerprint density at radius 2 is 2.50 bits per heavy atom. The number of alkyl halides is 1. The number of nitrogens with zero attached hydrogens (tertiary/aromatic N) is 2. The average molecular weight is 131 g/mol. The minimum atomic E-state index is -0.604. The molecular weight excluding hydrogens is 128 g/mol. The highest BCUT2D eigenvalue weighted by molar-refractivity contribution is 6.32. The van der Waals surface area contributed by atoms with Gasteiger partial charge in [0, 0.05) is 6.20 Å². The Hall–Kier alpha value is -0.700. The van der Waals surface area contributed by atoms with Crippen molar-refractivity contribution in [2.24, 2.45) is 10.2 Å². The van der Waals surface area contributed by atoms with Gasteiger partial charge in [-0.3, -0.25) is 4.79 Å². The van der Waals surface area contributed by atoms with Gasteiger partial charge in [-0.2, -0.15) is 5.11 Å². The molecule has 1 aliphatic rings. The summed E-state index contributed by atoms with van der Waals surface area (Å²) in [5.41, 5.74) is 0. The lowest BCUT2D eigenvalue weighted by Crippen LogP contribution is -2.09. The summed E-state index contributed by atoms with van der Waals surface area (Å²) in [5.74, 6) is -0.394. The topological polar surface area (TPSA) is 41.8 Å². The fraction of sp³-hybridized carbons (Fsp3) is 0.250. The SMILES string of the molecule is O=C1N=NC=CC1Cl. The third kappa shape index (κ3) is 0.924. The van der Waals surface area contributed by atoms with Gasteiger partial charge in [0.2, 0.25) is 0 Å². The first-order valence-electron chi connectivity index (χ1n) is 2.06. The van der Waals surface area contributed by atoms with E-state index in [0.717, 1.165) is 0 Å². The van der Waals surface area contributed by atoms with Crippen molar-refractivity contribution in [2.75, 3.05) is 0 Å². The van der Waals surface area contributed by atoms with Crippen LogP contribution in [-0.2, 0) is 4.79 Å². The summed E-state index contributed by atoms with van der Waals surface area (Å²) >= 11 is 5.38. The molecule has 0 aromatic carbocycles. The van der Waals surface area contributed by atoms with Gasteiger partial charge in [-0.05, 0) is 6.08 Å². The van der Waals surface area contributed by atoms with Crippen LogP contribution in [0.15, 0.2) is 22.5 Å². The van der Waals surface area contributed by atoms with Crippen molar-refractivity contribution in [3.05, 3.63) is 12.3 Å². The van der Waals surface area contributed by atoms with Crippen LogP contribution in [0.25, 0.3) is 0 Å². The molecule has 1 atom stereocenters. The van der Waals surface area contributed by atoms with Gasteiger partial charge in [-0.25, -0.2) is 0 Å². The van der Waals surface area contributed by atoms with Crippen LogP contribution in [0.5, 0.6) is 0 Å². The molecule has 42 valence electrons. The van der Waals surface area contributed by atoms with Gasteiger partial charge < -0.3 is 0 Å². The van der Waals surface area contributed by atoms with E-state index >= 15 is 0 Å². The predicted octanol–water partition coefficient (Wildman–Crippen LogP) is 1.10. The summed E-state index contributed by atoms with van der Waals surface area (Å²) in [5, 5.41) is 5.89. The third-order valence-electron chi connectivity index (χ3n) is 0.714. The molecule has 8 heavy (non-hydrogen) atoms. The molecule has 0 aromatic heterocycles. The number of halogens is 1. The minimum Gasteiger partial charge on any atom is -0.269 e. The maximum atomic E-state index is 10.4. The quantitative estimate of drug-likeness (QED) is 0.453. The molecule has 0 N–H and O–H groups in total. The number of amides is 1. The Morgan fingerprint density at radius 1 is 1.75 bits per heavy atom. The second-order valence-corrected chi connectivity index (χ2v) is 1.77. The third-order valence-corrected chi connectivity index (χ3v) is 1.05. The zero-order valence-corrected chi connectivity index (χ0v) is 4.67. The Bertz CT molecular complexity index is 163. The van der Waals surface area contributed by atoms with Gasteiger partial charge in [0.15, 0.2) is 0 Å². The normalized spacial score (nSPS) is 26.6. The molecule has 0 spiro atoms. The molecule has 0 radical (unpaired) electrons. The summed E-state index contributed by atoms with van der Waals surface area (Å²) in [6.45, 7) is 0. The van der Waals surface area contributed by atoms with E-state index in [1.54, 1.807) is 0 Å². The second kappa shape index (κ2) is 2.05. The van der Waals surface area contributed by atoms with Gasteiger partial charge >= 0.3 is 0 Å². The van der Waals surface area contributed by atoms with Gasteiger partial charge in [0.05, 0.1) is 0 Å². The molecule has 4 heteroatoms. The standard InChI is InChI=1S/C4H3ClN2O/c5-3-1-2-6-7-4(3)8/h1-3H. The summed E-state index contributed by atoms with van der Waals surface area (Å²) in [6.07, 6.45) is 2.88. The fourth-order valence-corrected chi connectivity index (χ4v) is 0.450. The molecule has 1 unspecified atom stereocenters. The molecule has 0 bridgehead atoms. The number of rotatable bonds is 0. The molecule has 1 amide bonds. The summed E-state index contributed by atoms with van der Waals surface area (Å²) in [7, 11) is 0. The number of azo groups is 1. The summed E-state index contributed by atoms with van der Waals surface area (Å²) in [4.78, 5) is 10.4. The second-order valence-electron chi connectivity index (χ2n) is 1.30. The van der Waals surface area contributed by atoms with E-state index in [4.69, 9.17) is 11.6 Å². The maximum absolute atomic E-state index is 10.4. The monoisotopic (exact) mass is 130 g/mol. The smallest absolute Gasteiger partial charge is 0.269 e. The van der Waals surface area contributed by atoms with Crippen molar-refractivity contribution in [3.63, 3.8) is 0 Å². The number of hydrogen-bond acceptors (Lipinski definition) is 2. The number of carbonyl (C=O) groups excluding carboxylic acids is 1. The van der Waals surface area contributed by atoms with Crippen molar-refractivity contribution in [3.8, 4) is 0 Å². The highest BCUT2D eigenvalue weighted by Crippen LogP contribution is 2.05. The maximum Gasteiger partial charge on any atom is 0.286 e. The molecule has 0 fully saturated rings. The van der Waals surface area contributed by atoms with E-state index in [0.29, 0.717) is 0 Å². The van der Waals surface area contributed by atoms with Crippen molar-refractivity contribution in [2.45, 2.75) is 5.38 Å². The zero-order chi connectivity index (χ0) is 5.98. The van der Waals surface area contributed by atoms with E-state index < -0.39 is 11.3 Å². The Kier molecular flexibility index (Phi) is 1.39. The molecule has 1 rings (SSSR count). The largest absolute Gasteiger partial charge is 0.286 e. The van der Waals surface area contributed by atoms with Crippen LogP contribution in [-0.4, -0.2) is 11.3 Å². The van der Waals surface area contributed by atoms with Crippen molar-refractivity contribution >= 4 is 17.5 Å². The van der Waals surface area contributed by atoms with Crippen LogP contribution < -0.4 is 0 Å². The van der Waals surface area contributed by atoms with E-state index in [9.17, 15) is 4.79 Å². The summed E-state index contributed by atoms with van der Waals surface area (Å²) < 4.78 is 0. The molecular formula is C4H3ClN2O. The van der Waals surface area contributed by atoms with Gasteiger partial charge in [0.1, 0.15) is 5.38 Å². The molecule has 0 aliphatic carbocycles. The lowest BCUT2D eigenvalue weighted by molar-refractivity contribution is -0.117. The molecule has 3 nitrogen and oxygen atoms in total. The number of hydrogen-bond donors (Lipinski definition) is 0. The minimum absolute atomic E-state index is 0.394. The zero-order valence-electron chi connectivity index (χ0n) is 3.91. The Labute approximate surface area is 51.1 Å². The van der Waals surface area contributed by atoms with Gasteiger partial charge in [-0.15, -0.1) is 16.7 Å². The van der Waals surface area contributed by atoms with Gasteiger partial charge in [0.25, 0.3) is 5.91 Å².